The molecule has 0 amide bonds. The van der Waals surface area contributed by atoms with Crippen LogP contribution >= 0.6 is 0 Å². The fourth-order valence-electron chi connectivity index (χ4n) is 2.13. The number of methoxy groups -OCH3 is 1. The summed E-state index contributed by atoms with van der Waals surface area (Å²) >= 11 is 0. The van der Waals surface area contributed by atoms with Crippen molar-refractivity contribution >= 4 is 0 Å². The molecule has 1 aliphatic carbocycles. The smallest absolute Gasteiger partial charge is 0.124 e. The molecule has 0 radical (unpaired) electrons. The zero-order valence-corrected chi connectivity index (χ0v) is 11.0. The molecular weight excluding hydrogens is 214 g/mol. The molecule has 1 saturated carbocycles. The summed E-state index contributed by atoms with van der Waals surface area (Å²) in [6.07, 6.45) is 1.91. The Morgan fingerprint density at radius 1 is 1.29 bits per heavy atom. The summed E-state index contributed by atoms with van der Waals surface area (Å²) in [6, 6.07) is 3.68. The number of hydrogen-bond donors (Lipinski definition) is 2. The molecule has 0 saturated heterocycles. The van der Waals surface area contributed by atoms with E-state index in [4.69, 9.17) is 10.5 Å². The minimum Gasteiger partial charge on any atom is -0.508 e. The van der Waals surface area contributed by atoms with E-state index < -0.39 is 0 Å². The van der Waals surface area contributed by atoms with Crippen LogP contribution < -0.4 is 10.5 Å². The van der Waals surface area contributed by atoms with E-state index in [0.29, 0.717) is 5.75 Å². The van der Waals surface area contributed by atoms with Crippen LogP contribution in [0.2, 0.25) is 0 Å². The number of phenols is 1. The van der Waals surface area contributed by atoms with Gasteiger partial charge in [-0.05, 0) is 30.4 Å². The summed E-state index contributed by atoms with van der Waals surface area (Å²) in [7, 11) is 1.65. The standard InChI is InChI=1S/C14H21NO2/c1-13(2,3)9-8-12(17-4)10(7-11(9)16)14(15)5-6-14/h7-8,16H,5-6,15H2,1-4H3. The van der Waals surface area contributed by atoms with E-state index in [0.717, 1.165) is 29.7 Å². The summed E-state index contributed by atoms with van der Waals surface area (Å²) in [5.41, 5.74) is 7.59. The van der Waals surface area contributed by atoms with Gasteiger partial charge < -0.3 is 15.6 Å². The molecule has 17 heavy (non-hydrogen) atoms. The molecule has 0 spiro atoms. The van der Waals surface area contributed by atoms with Gasteiger partial charge in [-0.25, -0.2) is 0 Å². The van der Waals surface area contributed by atoms with Crippen molar-refractivity contribution < 1.29 is 9.84 Å². The van der Waals surface area contributed by atoms with E-state index in [9.17, 15) is 5.11 Å². The summed E-state index contributed by atoms with van der Waals surface area (Å²) in [4.78, 5) is 0. The van der Waals surface area contributed by atoms with Gasteiger partial charge in [0.1, 0.15) is 11.5 Å². The highest BCUT2D eigenvalue weighted by molar-refractivity contribution is 5.52. The van der Waals surface area contributed by atoms with E-state index >= 15 is 0 Å². The number of benzene rings is 1. The first kappa shape index (κ1) is 12.2. The Bertz CT molecular complexity index is 442. The number of aromatic hydroxyl groups is 1. The van der Waals surface area contributed by atoms with Gasteiger partial charge >= 0.3 is 0 Å². The van der Waals surface area contributed by atoms with Crippen molar-refractivity contribution in [1.82, 2.24) is 0 Å². The summed E-state index contributed by atoms with van der Waals surface area (Å²) in [5, 5.41) is 10.1. The third-order valence-corrected chi connectivity index (χ3v) is 3.45. The van der Waals surface area contributed by atoms with Gasteiger partial charge in [0.05, 0.1) is 7.11 Å². The van der Waals surface area contributed by atoms with Crippen LogP contribution in [-0.4, -0.2) is 12.2 Å². The molecule has 0 aliphatic heterocycles. The monoisotopic (exact) mass is 235 g/mol. The fourth-order valence-corrected chi connectivity index (χ4v) is 2.13. The molecule has 3 heteroatoms. The number of nitrogens with two attached hydrogens (primary N) is 1. The van der Waals surface area contributed by atoms with Gasteiger partial charge in [0, 0.05) is 16.7 Å². The Morgan fingerprint density at radius 2 is 1.88 bits per heavy atom. The molecule has 0 heterocycles. The lowest BCUT2D eigenvalue weighted by Crippen LogP contribution is -2.21. The minimum atomic E-state index is -0.292. The number of rotatable bonds is 2. The predicted molar refractivity (Wildman–Crippen MR) is 68.5 cm³/mol. The van der Waals surface area contributed by atoms with Crippen molar-refractivity contribution in [1.29, 1.82) is 0 Å². The Hall–Kier alpha value is -1.22. The molecule has 3 N–H and O–H groups in total. The molecule has 1 aromatic carbocycles. The molecule has 3 nitrogen and oxygen atoms in total. The molecule has 1 fully saturated rings. The van der Waals surface area contributed by atoms with Gasteiger partial charge in [0.15, 0.2) is 0 Å². The first-order chi connectivity index (χ1) is 7.78. The molecule has 0 atom stereocenters. The van der Waals surface area contributed by atoms with Crippen LogP contribution in [0.3, 0.4) is 0 Å². The van der Waals surface area contributed by atoms with Crippen molar-refractivity contribution in [2.75, 3.05) is 7.11 Å². The average molecular weight is 235 g/mol. The third kappa shape index (κ3) is 2.12. The lowest BCUT2D eigenvalue weighted by molar-refractivity contribution is 0.395. The highest BCUT2D eigenvalue weighted by atomic mass is 16.5. The van der Waals surface area contributed by atoms with Crippen LogP contribution in [0.15, 0.2) is 12.1 Å². The summed E-state index contributed by atoms with van der Waals surface area (Å²) in [6.45, 7) is 6.20. The maximum atomic E-state index is 10.1. The zero-order chi connectivity index (χ0) is 12.8. The molecule has 0 unspecified atom stereocenters. The Kier molecular flexibility index (Phi) is 2.62. The summed E-state index contributed by atoms with van der Waals surface area (Å²) in [5.74, 6) is 1.10. The van der Waals surface area contributed by atoms with Crippen LogP contribution in [0, 0.1) is 0 Å². The number of phenolic OH excluding ortho intramolecular Hbond substituents is 1. The predicted octanol–water partition coefficient (Wildman–Crippen LogP) is 2.65. The summed E-state index contributed by atoms with van der Waals surface area (Å²) < 4.78 is 5.41. The highest BCUT2D eigenvalue weighted by Gasteiger charge is 2.43. The molecule has 94 valence electrons. The van der Waals surface area contributed by atoms with Crippen molar-refractivity contribution in [3.8, 4) is 11.5 Å². The average Bonchev–Trinajstić information content (AvgIpc) is 2.95. The molecule has 1 aliphatic rings. The fraction of sp³-hybridized carbons (Fsp3) is 0.571. The van der Waals surface area contributed by atoms with Gasteiger partial charge in [-0.1, -0.05) is 20.8 Å². The highest BCUT2D eigenvalue weighted by Crippen LogP contribution is 2.49. The van der Waals surface area contributed by atoms with Gasteiger partial charge in [-0.3, -0.25) is 0 Å². The lowest BCUT2D eigenvalue weighted by Gasteiger charge is -2.24. The Balaban J connectivity index is 2.55. The van der Waals surface area contributed by atoms with Crippen molar-refractivity contribution in [3.05, 3.63) is 23.3 Å². The second-order valence-electron chi connectivity index (χ2n) is 5.98. The largest absolute Gasteiger partial charge is 0.508 e. The zero-order valence-electron chi connectivity index (χ0n) is 11.0. The molecule has 1 aromatic rings. The number of ether oxygens (including phenoxy) is 1. The van der Waals surface area contributed by atoms with E-state index in [-0.39, 0.29) is 11.0 Å². The van der Waals surface area contributed by atoms with Gasteiger partial charge in [0.25, 0.3) is 0 Å². The molecule has 0 bridgehead atoms. The SMILES string of the molecule is COc1cc(C(C)(C)C)c(O)cc1C1(N)CC1. The van der Waals surface area contributed by atoms with Crippen LogP contribution in [0.5, 0.6) is 11.5 Å². The normalized spacial score (nSPS) is 17.9. The van der Waals surface area contributed by atoms with Crippen LogP contribution in [0.4, 0.5) is 0 Å². The molecule has 0 aromatic heterocycles. The van der Waals surface area contributed by atoms with Crippen LogP contribution in [-0.2, 0) is 11.0 Å². The van der Waals surface area contributed by atoms with E-state index in [2.05, 4.69) is 20.8 Å². The van der Waals surface area contributed by atoms with E-state index in [1.807, 2.05) is 6.07 Å². The van der Waals surface area contributed by atoms with Crippen molar-refractivity contribution in [3.63, 3.8) is 0 Å². The Morgan fingerprint density at radius 3 is 2.29 bits per heavy atom. The van der Waals surface area contributed by atoms with Crippen LogP contribution in [0.25, 0.3) is 0 Å². The molecular formula is C14H21NO2. The van der Waals surface area contributed by atoms with Crippen LogP contribution in [0.1, 0.15) is 44.7 Å². The lowest BCUT2D eigenvalue weighted by atomic mass is 9.84. The quantitative estimate of drug-likeness (QED) is 0.828. The van der Waals surface area contributed by atoms with Crippen molar-refractivity contribution in [2.24, 2.45) is 5.73 Å². The van der Waals surface area contributed by atoms with Gasteiger partial charge in [-0.15, -0.1) is 0 Å². The van der Waals surface area contributed by atoms with E-state index in [1.54, 1.807) is 13.2 Å². The maximum Gasteiger partial charge on any atom is 0.124 e. The van der Waals surface area contributed by atoms with Gasteiger partial charge in [-0.2, -0.15) is 0 Å². The van der Waals surface area contributed by atoms with Crippen molar-refractivity contribution in [2.45, 2.75) is 44.6 Å². The third-order valence-electron chi connectivity index (χ3n) is 3.45. The Labute approximate surface area is 103 Å². The minimum absolute atomic E-state index is 0.110. The van der Waals surface area contributed by atoms with Gasteiger partial charge in [0.2, 0.25) is 0 Å². The topological polar surface area (TPSA) is 55.5 Å². The maximum absolute atomic E-state index is 10.1. The number of hydrogen-bond acceptors (Lipinski definition) is 3. The second kappa shape index (κ2) is 3.64. The first-order valence-corrected chi connectivity index (χ1v) is 5.99. The second-order valence-corrected chi connectivity index (χ2v) is 5.98. The first-order valence-electron chi connectivity index (χ1n) is 5.99. The van der Waals surface area contributed by atoms with E-state index in [1.165, 1.54) is 0 Å². The molecule has 2 rings (SSSR count).